The monoisotopic (exact) mass is 247 g/mol. The van der Waals surface area contributed by atoms with E-state index in [4.69, 9.17) is 0 Å². The molecule has 1 aromatic carbocycles. The van der Waals surface area contributed by atoms with Crippen LogP contribution >= 0.6 is 0 Å². The maximum absolute atomic E-state index is 12.7. The van der Waals surface area contributed by atoms with Crippen LogP contribution in [0.15, 0.2) is 24.3 Å². The molecular weight excluding hydrogens is 234 g/mol. The molecule has 0 unspecified atom stereocenters. The van der Waals surface area contributed by atoms with Gasteiger partial charge in [0.2, 0.25) is 0 Å². The quantitative estimate of drug-likeness (QED) is 0.806. The minimum Gasteiger partial charge on any atom is -0.308 e. The third kappa shape index (κ3) is 2.77. The van der Waals surface area contributed by atoms with Gasteiger partial charge >= 0.3 is 12.3 Å². The predicted octanol–water partition coefficient (Wildman–Crippen LogP) is 2.64. The van der Waals surface area contributed by atoms with Gasteiger partial charge in [-0.3, -0.25) is 0 Å². The minimum absolute atomic E-state index is 0.169. The first-order valence-corrected chi connectivity index (χ1v) is 5.45. The van der Waals surface area contributed by atoms with E-state index >= 15 is 0 Å². The molecule has 5 heteroatoms. The number of fused-ring (bicyclic) bond motifs is 1. The van der Waals surface area contributed by atoms with E-state index in [9.17, 15) is 17.6 Å². The highest BCUT2D eigenvalue weighted by Gasteiger charge is 2.41. The van der Waals surface area contributed by atoms with E-state index in [1.165, 1.54) is 0 Å². The third-order valence-corrected chi connectivity index (χ3v) is 3.00. The highest BCUT2D eigenvalue weighted by molar-refractivity contribution is 5.33. The van der Waals surface area contributed by atoms with Crippen LogP contribution < -0.4 is 5.32 Å². The first-order valence-electron chi connectivity index (χ1n) is 5.45. The summed E-state index contributed by atoms with van der Waals surface area (Å²) in [6.45, 7) is -0.969. The normalized spacial score (nSPS) is 16.5. The largest absolute Gasteiger partial charge is 0.319 e. The molecule has 1 aliphatic carbocycles. The zero-order chi connectivity index (χ0) is 12.5. The van der Waals surface area contributed by atoms with Crippen LogP contribution in [0.1, 0.15) is 11.1 Å². The van der Waals surface area contributed by atoms with E-state index in [0.29, 0.717) is 12.8 Å². The number of halogens is 4. The Balaban J connectivity index is 1.88. The molecule has 0 atom stereocenters. The van der Waals surface area contributed by atoms with E-state index in [1.54, 1.807) is 0 Å². The molecule has 0 heterocycles. The summed E-state index contributed by atoms with van der Waals surface area (Å²) in [5.41, 5.74) is 2.20. The van der Waals surface area contributed by atoms with E-state index in [-0.39, 0.29) is 6.04 Å². The van der Waals surface area contributed by atoms with Crippen molar-refractivity contribution in [2.24, 2.45) is 0 Å². The number of hydrogen-bond donors (Lipinski definition) is 1. The second kappa shape index (κ2) is 4.64. The highest BCUT2D eigenvalue weighted by atomic mass is 19.3. The topological polar surface area (TPSA) is 12.0 Å². The maximum atomic E-state index is 12.7. The van der Waals surface area contributed by atoms with Crippen molar-refractivity contribution in [1.29, 1.82) is 0 Å². The van der Waals surface area contributed by atoms with Crippen LogP contribution in [0.2, 0.25) is 0 Å². The maximum Gasteiger partial charge on any atom is 0.319 e. The van der Waals surface area contributed by atoms with Gasteiger partial charge < -0.3 is 5.32 Å². The average molecular weight is 247 g/mol. The Morgan fingerprint density at radius 2 is 1.71 bits per heavy atom. The SMILES string of the molecule is FC(F)C(F)(F)CNC1Cc2ccccc2C1. The molecule has 1 N–H and O–H groups in total. The fourth-order valence-electron chi connectivity index (χ4n) is 2.06. The fraction of sp³-hybridized carbons (Fsp3) is 0.500. The smallest absolute Gasteiger partial charge is 0.308 e. The lowest BCUT2D eigenvalue weighted by Crippen LogP contribution is -2.43. The summed E-state index contributed by atoms with van der Waals surface area (Å²) < 4.78 is 49.4. The van der Waals surface area contributed by atoms with Crippen LogP contribution in [0.25, 0.3) is 0 Å². The first-order chi connectivity index (χ1) is 7.99. The van der Waals surface area contributed by atoms with Crippen molar-refractivity contribution >= 4 is 0 Å². The molecule has 94 valence electrons. The van der Waals surface area contributed by atoms with Gasteiger partial charge in [0.05, 0.1) is 6.54 Å². The second-order valence-electron chi connectivity index (χ2n) is 4.32. The van der Waals surface area contributed by atoms with E-state index in [2.05, 4.69) is 5.32 Å². The zero-order valence-corrected chi connectivity index (χ0v) is 9.10. The van der Waals surface area contributed by atoms with Crippen molar-refractivity contribution in [2.45, 2.75) is 31.2 Å². The van der Waals surface area contributed by atoms with E-state index < -0.39 is 18.9 Å². The molecule has 0 spiro atoms. The number of alkyl halides is 4. The number of benzene rings is 1. The Hall–Kier alpha value is -1.10. The summed E-state index contributed by atoms with van der Waals surface area (Å²) in [5, 5.41) is 2.52. The summed E-state index contributed by atoms with van der Waals surface area (Å²) in [6.07, 6.45) is -2.37. The fourth-order valence-corrected chi connectivity index (χ4v) is 2.06. The second-order valence-corrected chi connectivity index (χ2v) is 4.32. The van der Waals surface area contributed by atoms with Gasteiger partial charge in [0, 0.05) is 6.04 Å². The van der Waals surface area contributed by atoms with Gasteiger partial charge in [-0.15, -0.1) is 0 Å². The third-order valence-electron chi connectivity index (χ3n) is 3.00. The summed E-state index contributed by atoms with van der Waals surface area (Å²) >= 11 is 0. The molecule has 2 rings (SSSR count). The molecule has 0 saturated heterocycles. The summed E-state index contributed by atoms with van der Waals surface area (Å²) in [6, 6.07) is 7.46. The molecule has 1 aromatic rings. The highest BCUT2D eigenvalue weighted by Crippen LogP contribution is 2.25. The molecule has 0 aliphatic heterocycles. The van der Waals surface area contributed by atoms with E-state index in [0.717, 1.165) is 11.1 Å². The summed E-state index contributed by atoms with van der Waals surface area (Å²) in [4.78, 5) is 0. The van der Waals surface area contributed by atoms with Gasteiger partial charge in [-0.25, -0.2) is 8.78 Å². The summed E-state index contributed by atoms with van der Waals surface area (Å²) in [5.74, 6) is -3.95. The van der Waals surface area contributed by atoms with Crippen molar-refractivity contribution in [3.05, 3.63) is 35.4 Å². The van der Waals surface area contributed by atoms with Crippen molar-refractivity contribution in [3.8, 4) is 0 Å². The van der Waals surface area contributed by atoms with Gasteiger partial charge in [-0.1, -0.05) is 24.3 Å². The minimum atomic E-state index is -3.95. The molecule has 1 aliphatic rings. The summed E-state index contributed by atoms with van der Waals surface area (Å²) in [7, 11) is 0. The average Bonchev–Trinajstić information content (AvgIpc) is 2.69. The molecule has 1 nitrogen and oxygen atoms in total. The van der Waals surface area contributed by atoms with Crippen molar-refractivity contribution in [3.63, 3.8) is 0 Å². The van der Waals surface area contributed by atoms with Crippen LogP contribution in [0.5, 0.6) is 0 Å². The number of rotatable bonds is 4. The van der Waals surface area contributed by atoms with Crippen molar-refractivity contribution in [2.75, 3.05) is 6.54 Å². The molecular formula is C12H13F4N. The van der Waals surface area contributed by atoms with Crippen molar-refractivity contribution in [1.82, 2.24) is 5.32 Å². The Labute approximate surface area is 96.8 Å². The number of nitrogens with one attached hydrogen (secondary N) is 1. The Morgan fingerprint density at radius 1 is 1.18 bits per heavy atom. The van der Waals surface area contributed by atoms with Gasteiger partial charge in [0.25, 0.3) is 0 Å². The molecule has 0 fully saturated rings. The van der Waals surface area contributed by atoms with Gasteiger partial charge in [-0.2, -0.15) is 8.78 Å². The van der Waals surface area contributed by atoms with Crippen LogP contribution in [0.3, 0.4) is 0 Å². The Morgan fingerprint density at radius 3 is 2.18 bits per heavy atom. The van der Waals surface area contributed by atoms with Crippen molar-refractivity contribution < 1.29 is 17.6 Å². The lowest BCUT2D eigenvalue weighted by Gasteiger charge is -2.19. The molecule has 0 radical (unpaired) electrons. The lowest BCUT2D eigenvalue weighted by atomic mass is 10.1. The molecule has 0 aromatic heterocycles. The first kappa shape index (κ1) is 12.4. The van der Waals surface area contributed by atoms with Gasteiger partial charge in [-0.05, 0) is 24.0 Å². The zero-order valence-electron chi connectivity index (χ0n) is 9.10. The van der Waals surface area contributed by atoms with Crippen LogP contribution in [-0.4, -0.2) is 24.9 Å². The molecule has 0 amide bonds. The van der Waals surface area contributed by atoms with E-state index in [1.807, 2.05) is 24.3 Å². The van der Waals surface area contributed by atoms with Gasteiger partial charge in [0.15, 0.2) is 0 Å². The number of hydrogen-bond acceptors (Lipinski definition) is 1. The predicted molar refractivity (Wildman–Crippen MR) is 56.6 cm³/mol. The van der Waals surface area contributed by atoms with Gasteiger partial charge in [0.1, 0.15) is 0 Å². The molecule has 0 saturated carbocycles. The van der Waals surface area contributed by atoms with Crippen LogP contribution in [0.4, 0.5) is 17.6 Å². The molecule has 0 bridgehead atoms. The Bertz CT molecular complexity index is 367. The molecule has 17 heavy (non-hydrogen) atoms. The van der Waals surface area contributed by atoms with Crippen LogP contribution in [0, 0.1) is 0 Å². The Kier molecular flexibility index (Phi) is 3.38. The van der Waals surface area contributed by atoms with Crippen LogP contribution in [-0.2, 0) is 12.8 Å². The standard InChI is InChI=1S/C12H13F4N/c13-11(14)12(15,16)7-17-10-5-8-3-1-2-4-9(8)6-10/h1-4,10-11,17H,5-7H2. The lowest BCUT2D eigenvalue weighted by molar-refractivity contribution is -0.126.